The van der Waals surface area contributed by atoms with Gasteiger partial charge in [0.15, 0.2) is 0 Å². The third-order valence-corrected chi connectivity index (χ3v) is 4.07. The average molecular weight is 257 g/mol. The molecule has 100 valence electrons. The number of aromatic nitrogens is 1. The Bertz CT molecular complexity index is 570. The summed E-state index contributed by atoms with van der Waals surface area (Å²) in [6.45, 7) is 2.73. The van der Waals surface area contributed by atoms with Crippen LogP contribution >= 0.6 is 0 Å². The third-order valence-electron chi connectivity index (χ3n) is 4.07. The van der Waals surface area contributed by atoms with Gasteiger partial charge in [0, 0.05) is 30.0 Å². The number of hydrogen-bond donors (Lipinski definition) is 1. The molecule has 0 aliphatic carbocycles. The second-order valence-corrected chi connectivity index (χ2v) is 5.47. The highest BCUT2D eigenvalue weighted by Crippen LogP contribution is 2.38. The van der Waals surface area contributed by atoms with Crippen molar-refractivity contribution in [1.29, 1.82) is 0 Å². The third kappa shape index (κ3) is 2.24. The predicted molar refractivity (Wildman–Crippen MR) is 74.9 cm³/mol. The number of benzene rings is 1. The van der Waals surface area contributed by atoms with Gasteiger partial charge >= 0.3 is 0 Å². The van der Waals surface area contributed by atoms with Crippen LogP contribution in [0.25, 0.3) is 10.8 Å². The molecule has 1 aliphatic heterocycles. The van der Waals surface area contributed by atoms with Gasteiger partial charge in [-0.1, -0.05) is 24.3 Å². The molecule has 1 fully saturated rings. The van der Waals surface area contributed by atoms with Crippen molar-refractivity contribution in [3.63, 3.8) is 0 Å². The molecule has 19 heavy (non-hydrogen) atoms. The van der Waals surface area contributed by atoms with Crippen LogP contribution in [0.3, 0.4) is 0 Å². The Morgan fingerprint density at radius 3 is 2.89 bits per heavy atom. The molecule has 3 nitrogen and oxygen atoms in total. The molecule has 1 saturated heterocycles. The molecule has 1 N–H and O–H groups in total. The predicted octanol–water partition coefficient (Wildman–Crippen LogP) is 3.23. The first-order valence-electron chi connectivity index (χ1n) is 6.85. The van der Waals surface area contributed by atoms with Gasteiger partial charge < -0.3 is 9.84 Å². The second kappa shape index (κ2) is 4.91. The van der Waals surface area contributed by atoms with E-state index >= 15 is 0 Å². The van der Waals surface area contributed by atoms with Crippen molar-refractivity contribution in [2.75, 3.05) is 6.61 Å². The number of fused-ring (bicyclic) bond motifs is 1. The first kappa shape index (κ1) is 12.6. The lowest BCUT2D eigenvalue weighted by atomic mass is 9.85. The Balaban J connectivity index is 2.03. The van der Waals surface area contributed by atoms with Gasteiger partial charge in [-0.25, -0.2) is 0 Å². The van der Waals surface area contributed by atoms with E-state index in [0.717, 1.165) is 42.2 Å². The number of rotatable bonds is 2. The molecule has 0 spiro atoms. The first-order chi connectivity index (χ1) is 9.21. The standard InChI is InChI=1S/C16H19NO2/c1-16(8-4-5-9-19-16)15(18)14-11-17-10-12-6-2-3-7-13(12)14/h2-3,6-7,10-11,15,18H,4-5,8-9H2,1H3. The zero-order valence-corrected chi connectivity index (χ0v) is 11.2. The van der Waals surface area contributed by atoms with E-state index in [2.05, 4.69) is 4.98 Å². The summed E-state index contributed by atoms with van der Waals surface area (Å²) in [5, 5.41) is 12.8. The van der Waals surface area contributed by atoms with Crippen molar-refractivity contribution in [3.05, 3.63) is 42.2 Å². The van der Waals surface area contributed by atoms with E-state index in [1.165, 1.54) is 0 Å². The van der Waals surface area contributed by atoms with Crippen molar-refractivity contribution in [3.8, 4) is 0 Å². The normalized spacial score (nSPS) is 25.4. The Morgan fingerprint density at radius 1 is 1.26 bits per heavy atom. The minimum Gasteiger partial charge on any atom is -0.385 e. The topological polar surface area (TPSA) is 42.4 Å². The van der Waals surface area contributed by atoms with Crippen LogP contribution in [-0.2, 0) is 4.74 Å². The molecule has 0 bridgehead atoms. The van der Waals surface area contributed by atoms with E-state index in [1.807, 2.05) is 37.4 Å². The molecule has 3 heteroatoms. The van der Waals surface area contributed by atoms with Gasteiger partial charge in [-0.3, -0.25) is 4.98 Å². The second-order valence-electron chi connectivity index (χ2n) is 5.47. The molecule has 0 saturated carbocycles. The van der Waals surface area contributed by atoms with Crippen molar-refractivity contribution >= 4 is 10.8 Å². The van der Waals surface area contributed by atoms with Crippen LogP contribution in [0.1, 0.15) is 37.9 Å². The largest absolute Gasteiger partial charge is 0.385 e. The van der Waals surface area contributed by atoms with Crippen molar-refractivity contribution in [2.45, 2.75) is 37.9 Å². The van der Waals surface area contributed by atoms with Gasteiger partial charge in [0.25, 0.3) is 0 Å². The number of aliphatic hydroxyl groups is 1. The Labute approximate surface area is 113 Å². The summed E-state index contributed by atoms with van der Waals surface area (Å²) in [5.41, 5.74) is 0.367. The summed E-state index contributed by atoms with van der Waals surface area (Å²) in [7, 11) is 0. The molecule has 2 aromatic rings. The highest BCUT2D eigenvalue weighted by atomic mass is 16.5. The monoisotopic (exact) mass is 257 g/mol. The van der Waals surface area contributed by atoms with E-state index in [0.29, 0.717) is 0 Å². The Morgan fingerprint density at radius 2 is 2.11 bits per heavy atom. The fourth-order valence-corrected chi connectivity index (χ4v) is 2.86. The molecule has 2 atom stereocenters. The van der Waals surface area contributed by atoms with Crippen LogP contribution in [0.15, 0.2) is 36.7 Å². The summed E-state index contributed by atoms with van der Waals surface area (Å²) in [6, 6.07) is 8.02. The van der Waals surface area contributed by atoms with Crippen LogP contribution in [-0.4, -0.2) is 22.3 Å². The molecule has 2 heterocycles. The van der Waals surface area contributed by atoms with Crippen molar-refractivity contribution in [2.24, 2.45) is 0 Å². The molecule has 1 aromatic carbocycles. The van der Waals surface area contributed by atoms with Gasteiger partial charge in [-0.2, -0.15) is 0 Å². The SMILES string of the molecule is CC1(C(O)c2cncc3ccccc23)CCCCO1. The van der Waals surface area contributed by atoms with Gasteiger partial charge in [0.2, 0.25) is 0 Å². The smallest absolute Gasteiger partial charge is 0.110 e. The van der Waals surface area contributed by atoms with E-state index < -0.39 is 11.7 Å². The van der Waals surface area contributed by atoms with Gasteiger partial charge in [0.05, 0.1) is 5.60 Å². The van der Waals surface area contributed by atoms with E-state index in [9.17, 15) is 5.11 Å². The molecule has 2 unspecified atom stereocenters. The minimum atomic E-state index is -0.633. The quantitative estimate of drug-likeness (QED) is 0.898. The first-order valence-corrected chi connectivity index (χ1v) is 6.85. The van der Waals surface area contributed by atoms with Crippen LogP contribution in [0.2, 0.25) is 0 Å². The highest BCUT2D eigenvalue weighted by molar-refractivity contribution is 5.85. The van der Waals surface area contributed by atoms with Crippen molar-refractivity contribution in [1.82, 2.24) is 4.98 Å². The van der Waals surface area contributed by atoms with Crippen LogP contribution in [0, 0.1) is 0 Å². The van der Waals surface area contributed by atoms with Crippen LogP contribution in [0.5, 0.6) is 0 Å². The maximum atomic E-state index is 10.7. The van der Waals surface area contributed by atoms with Crippen LogP contribution < -0.4 is 0 Å². The maximum absolute atomic E-state index is 10.7. The van der Waals surface area contributed by atoms with E-state index in [4.69, 9.17) is 4.74 Å². The number of pyridine rings is 1. The Kier molecular flexibility index (Phi) is 3.25. The van der Waals surface area contributed by atoms with Crippen LogP contribution in [0.4, 0.5) is 0 Å². The van der Waals surface area contributed by atoms with Gasteiger partial charge in [-0.05, 0) is 31.6 Å². The minimum absolute atomic E-state index is 0.496. The highest BCUT2D eigenvalue weighted by Gasteiger charge is 2.37. The molecule has 1 aliphatic rings. The lowest BCUT2D eigenvalue weighted by molar-refractivity contribution is -0.138. The molecular formula is C16H19NO2. The van der Waals surface area contributed by atoms with E-state index in [1.54, 1.807) is 6.20 Å². The molecule has 0 amide bonds. The number of hydrogen-bond acceptors (Lipinski definition) is 3. The molecule has 1 aromatic heterocycles. The van der Waals surface area contributed by atoms with Gasteiger partial charge in [0.1, 0.15) is 6.10 Å². The van der Waals surface area contributed by atoms with Crippen molar-refractivity contribution < 1.29 is 9.84 Å². The number of ether oxygens (including phenoxy) is 1. The summed E-state index contributed by atoms with van der Waals surface area (Å²) < 4.78 is 5.85. The zero-order valence-electron chi connectivity index (χ0n) is 11.2. The lowest BCUT2D eigenvalue weighted by Crippen LogP contribution is -2.39. The summed E-state index contributed by atoms with van der Waals surface area (Å²) in [4.78, 5) is 4.24. The summed E-state index contributed by atoms with van der Waals surface area (Å²) >= 11 is 0. The fraction of sp³-hybridized carbons (Fsp3) is 0.438. The molecular weight excluding hydrogens is 238 g/mol. The maximum Gasteiger partial charge on any atom is 0.110 e. The molecule has 0 radical (unpaired) electrons. The molecule has 3 rings (SSSR count). The summed E-state index contributed by atoms with van der Waals surface area (Å²) in [5.74, 6) is 0. The fourth-order valence-electron chi connectivity index (χ4n) is 2.86. The summed E-state index contributed by atoms with van der Waals surface area (Å²) in [6.07, 6.45) is 6.02. The zero-order chi connectivity index (χ0) is 13.3. The average Bonchev–Trinajstić information content (AvgIpc) is 2.47. The van der Waals surface area contributed by atoms with E-state index in [-0.39, 0.29) is 0 Å². The Hall–Kier alpha value is -1.45. The number of aliphatic hydroxyl groups excluding tert-OH is 1. The number of nitrogens with zero attached hydrogens (tertiary/aromatic N) is 1. The lowest BCUT2D eigenvalue weighted by Gasteiger charge is -2.38. The van der Waals surface area contributed by atoms with Gasteiger partial charge in [-0.15, -0.1) is 0 Å².